The van der Waals surface area contributed by atoms with E-state index in [1.54, 1.807) is 18.2 Å². The summed E-state index contributed by atoms with van der Waals surface area (Å²) < 4.78 is 27.5. The number of sulfonamides is 1. The third-order valence-electron chi connectivity index (χ3n) is 4.60. The van der Waals surface area contributed by atoms with E-state index in [4.69, 9.17) is 11.6 Å². The van der Waals surface area contributed by atoms with Gasteiger partial charge < -0.3 is 5.32 Å². The number of hydrogen-bond acceptors (Lipinski definition) is 3. The minimum atomic E-state index is -3.76. The zero-order valence-electron chi connectivity index (χ0n) is 16.5. The average Bonchev–Trinajstić information content (AvgIpc) is 2.75. The number of hydrogen-bond donors (Lipinski definition) is 2. The van der Waals surface area contributed by atoms with Gasteiger partial charge in [0.2, 0.25) is 0 Å². The number of halogens is 1. The Balaban J connectivity index is 1.67. The van der Waals surface area contributed by atoms with Crippen molar-refractivity contribution in [3.8, 4) is 0 Å². The van der Waals surface area contributed by atoms with E-state index in [0.717, 1.165) is 12.8 Å². The highest BCUT2D eigenvalue weighted by Gasteiger charge is 2.17. The summed E-state index contributed by atoms with van der Waals surface area (Å²) in [6.07, 6.45) is 1.61. The molecule has 0 heterocycles. The smallest absolute Gasteiger partial charge is 0.261 e. The van der Waals surface area contributed by atoms with Crippen LogP contribution < -0.4 is 10.0 Å². The summed E-state index contributed by atoms with van der Waals surface area (Å²) in [4.78, 5) is 12.8. The van der Waals surface area contributed by atoms with Crippen LogP contribution in [-0.2, 0) is 16.4 Å². The van der Waals surface area contributed by atoms with E-state index in [1.165, 1.54) is 35.9 Å². The minimum Gasteiger partial charge on any atom is -0.350 e. The molecular formula is C23H23ClN2O3S. The maximum absolute atomic E-state index is 12.7. The van der Waals surface area contributed by atoms with Crippen molar-refractivity contribution in [1.29, 1.82) is 0 Å². The second-order valence-electron chi connectivity index (χ2n) is 7.01. The molecule has 0 aliphatic rings. The van der Waals surface area contributed by atoms with Gasteiger partial charge in [0.15, 0.2) is 0 Å². The van der Waals surface area contributed by atoms with E-state index in [-0.39, 0.29) is 33.1 Å². The summed E-state index contributed by atoms with van der Waals surface area (Å²) in [5, 5.41) is 3.18. The molecule has 1 atom stereocenters. The van der Waals surface area contributed by atoms with Gasteiger partial charge in [-0.2, -0.15) is 0 Å². The number of nitrogens with one attached hydrogen (secondary N) is 2. The summed E-state index contributed by atoms with van der Waals surface area (Å²) in [5.74, 6) is -0.346. The Bertz CT molecular complexity index is 1100. The summed E-state index contributed by atoms with van der Waals surface area (Å²) >= 11 is 6.20. The van der Waals surface area contributed by atoms with Gasteiger partial charge in [0.1, 0.15) is 0 Å². The molecule has 3 aromatic rings. The highest BCUT2D eigenvalue weighted by molar-refractivity contribution is 7.92. The van der Waals surface area contributed by atoms with Crippen molar-refractivity contribution in [2.75, 3.05) is 4.72 Å². The van der Waals surface area contributed by atoms with Gasteiger partial charge >= 0.3 is 0 Å². The number of aryl methyl sites for hydroxylation is 1. The van der Waals surface area contributed by atoms with E-state index in [9.17, 15) is 13.2 Å². The molecule has 156 valence electrons. The van der Waals surface area contributed by atoms with Gasteiger partial charge in [-0.1, -0.05) is 60.1 Å². The molecule has 0 saturated carbocycles. The molecule has 0 fully saturated rings. The Morgan fingerprint density at radius 1 is 0.967 bits per heavy atom. The fraction of sp³-hybridized carbons (Fsp3) is 0.174. The van der Waals surface area contributed by atoms with Crippen molar-refractivity contribution in [2.24, 2.45) is 0 Å². The average molecular weight is 443 g/mol. The topological polar surface area (TPSA) is 75.3 Å². The third-order valence-corrected chi connectivity index (χ3v) is 6.33. The van der Waals surface area contributed by atoms with Gasteiger partial charge in [0.05, 0.1) is 15.5 Å². The number of benzene rings is 3. The lowest BCUT2D eigenvalue weighted by Gasteiger charge is -2.15. The first-order valence-electron chi connectivity index (χ1n) is 9.57. The van der Waals surface area contributed by atoms with Gasteiger partial charge in [-0.05, 0) is 55.7 Å². The van der Waals surface area contributed by atoms with E-state index in [2.05, 4.69) is 10.0 Å². The standard InChI is InChI=1S/C23H23ClN2O3S/c1-17(12-13-18-8-4-2-5-9-18)25-23(27)21-16-19(14-15-22(21)24)26-30(28,29)20-10-6-3-7-11-20/h2-11,14-17,26H,12-13H2,1H3,(H,25,27)/t17-/m1/s1. The summed E-state index contributed by atoms with van der Waals surface area (Å²) in [5.41, 5.74) is 1.69. The van der Waals surface area contributed by atoms with Crippen molar-refractivity contribution in [2.45, 2.75) is 30.7 Å². The molecule has 0 unspecified atom stereocenters. The van der Waals surface area contributed by atoms with Gasteiger partial charge in [-0.3, -0.25) is 9.52 Å². The summed E-state index contributed by atoms with van der Waals surface area (Å²) in [7, 11) is -3.76. The zero-order chi connectivity index (χ0) is 21.6. The summed E-state index contributed by atoms with van der Waals surface area (Å²) in [6.45, 7) is 1.93. The molecule has 2 N–H and O–H groups in total. The van der Waals surface area contributed by atoms with Crippen LogP contribution in [0.4, 0.5) is 5.69 Å². The largest absolute Gasteiger partial charge is 0.350 e. The fourth-order valence-electron chi connectivity index (χ4n) is 2.98. The molecule has 7 heteroatoms. The zero-order valence-corrected chi connectivity index (χ0v) is 18.1. The number of carbonyl (C=O) groups is 1. The predicted molar refractivity (Wildman–Crippen MR) is 120 cm³/mol. The number of carbonyl (C=O) groups excluding carboxylic acids is 1. The molecular weight excluding hydrogens is 420 g/mol. The molecule has 3 aromatic carbocycles. The van der Waals surface area contributed by atoms with E-state index in [0.29, 0.717) is 0 Å². The number of anilines is 1. The highest BCUT2D eigenvalue weighted by Crippen LogP contribution is 2.23. The molecule has 5 nitrogen and oxygen atoms in total. The van der Waals surface area contributed by atoms with Crippen LogP contribution in [0.5, 0.6) is 0 Å². The minimum absolute atomic E-state index is 0.0709. The van der Waals surface area contributed by atoms with Crippen LogP contribution in [0.15, 0.2) is 83.8 Å². The summed E-state index contributed by atoms with van der Waals surface area (Å²) in [6, 6.07) is 22.5. The predicted octanol–water partition coefficient (Wildman–Crippen LogP) is 4.89. The molecule has 3 rings (SSSR count). The molecule has 0 radical (unpaired) electrons. The Hall–Kier alpha value is -2.83. The quantitative estimate of drug-likeness (QED) is 0.521. The van der Waals surface area contributed by atoms with Crippen LogP contribution in [-0.4, -0.2) is 20.4 Å². The monoisotopic (exact) mass is 442 g/mol. The Morgan fingerprint density at radius 3 is 2.27 bits per heavy atom. The van der Waals surface area contributed by atoms with Crippen molar-refractivity contribution in [3.63, 3.8) is 0 Å². The lowest BCUT2D eigenvalue weighted by Crippen LogP contribution is -2.33. The SMILES string of the molecule is C[C@H](CCc1ccccc1)NC(=O)c1cc(NS(=O)(=O)c2ccccc2)ccc1Cl. The molecule has 0 spiro atoms. The molecule has 0 aromatic heterocycles. The van der Waals surface area contributed by atoms with E-state index < -0.39 is 10.0 Å². The van der Waals surface area contributed by atoms with Crippen molar-refractivity contribution in [3.05, 3.63) is 95.0 Å². The van der Waals surface area contributed by atoms with Gasteiger partial charge in [-0.25, -0.2) is 8.42 Å². The Morgan fingerprint density at radius 2 is 1.60 bits per heavy atom. The highest BCUT2D eigenvalue weighted by atomic mass is 35.5. The Kier molecular flexibility index (Phi) is 7.13. The van der Waals surface area contributed by atoms with Crippen LogP contribution >= 0.6 is 11.6 Å². The van der Waals surface area contributed by atoms with Crippen LogP contribution in [0, 0.1) is 0 Å². The second kappa shape index (κ2) is 9.78. The normalized spacial score (nSPS) is 12.2. The lowest BCUT2D eigenvalue weighted by molar-refractivity contribution is 0.0938. The molecule has 1 amide bonds. The number of amides is 1. The van der Waals surface area contributed by atoms with E-state index in [1.807, 2.05) is 37.3 Å². The maximum atomic E-state index is 12.7. The van der Waals surface area contributed by atoms with Crippen LogP contribution in [0.3, 0.4) is 0 Å². The second-order valence-corrected chi connectivity index (χ2v) is 9.10. The molecule has 0 aliphatic carbocycles. The first-order chi connectivity index (χ1) is 14.3. The first kappa shape index (κ1) is 21.9. The van der Waals surface area contributed by atoms with Gasteiger partial charge in [-0.15, -0.1) is 0 Å². The van der Waals surface area contributed by atoms with E-state index >= 15 is 0 Å². The van der Waals surface area contributed by atoms with Crippen LogP contribution in [0.1, 0.15) is 29.3 Å². The van der Waals surface area contributed by atoms with Gasteiger partial charge in [0.25, 0.3) is 15.9 Å². The van der Waals surface area contributed by atoms with Crippen LogP contribution in [0.2, 0.25) is 5.02 Å². The first-order valence-corrected chi connectivity index (χ1v) is 11.4. The lowest BCUT2D eigenvalue weighted by atomic mass is 10.1. The van der Waals surface area contributed by atoms with Gasteiger partial charge in [0, 0.05) is 11.7 Å². The van der Waals surface area contributed by atoms with Crippen molar-refractivity contribution in [1.82, 2.24) is 5.32 Å². The molecule has 30 heavy (non-hydrogen) atoms. The molecule has 0 aliphatic heterocycles. The van der Waals surface area contributed by atoms with Crippen LogP contribution in [0.25, 0.3) is 0 Å². The van der Waals surface area contributed by atoms with Crippen molar-refractivity contribution >= 4 is 33.2 Å². The third kappa shape index (κ3) is 5.84. The Labute approximate surface area is 182 Å². The van der Waals surface area contributed by atoms with Crippen molar-refractivity contribution < 1.29 is 13.2 Å². The number of rotatable bonds is 8. The maximum Gasteiger partial charge on any atom is 0.261 e. The fourth-order valence-corrected chi connectivity index (χ4v) is 4.25. The molecule has 0 bridgehead atoms. The molecule has 0 saturated heterocycles.